The van der Waals surface area contributed by atoms with Gasteiger partial charge >= 0.3 is 5.97 Å². The topological polar surface area (TPSA) is 79.9 Å². The van der Waals surface area contributed by atoms with Crippen molar-refractivity contribution >= 4 is 22.4 Å². The summed E-state index contributed by atoms with van der Waals surface area (Å²) in [6.45, 7) is 10.5. The first-order chi connectivity index (χ1) is 12.0. The number of carbonyl (C=O) groups excluding carboxylic acids is 1. The number of rotatable bonds is 7. The van der Waals surface area contributed by atoms with Gasteiger partial charge < -0.3 is 14.6 Å². The minimum Gasteiger partial charge on any atom is -0.462 e. The third-order valence-corrected chi connectivity index (χ3v) is 4.39. The van der Waals surface area contributed by atoms with Crippen molar-refractivity contribution in [3.63, 3.8) is 0 Å². The van der Waals surface area contributed by atoms with E-state index < -0.39 is 5.97 Å². The van der Waals surface area contributed by atoms with E-state index in [1.807, 2.05) is 31.4 Å². The molecule has 0 atom stereocenters. The maximum Gasteiger partial charge on any atom is 0.350 e. The number of nitrogens with one attached hydrogen (secondary N) is 1. The van der Waals surface area contributed by atoms with E-state index in [0.29, 0.717) is 5.13 Å². The first-order valence-corrected chi connectivity index (χ1v) is 8.67. The van der Waals surface area contributed by atoms with Crippen LogP contribution in [0, 0.1) is 25.2 Å². The normalized spacial score (nSPS) is 11.0. The summed E-state index contributed by atoms with van der Waals surface area (Å²) in [6, 6.07) is 3.91. The molecule has 2 rings (SSSR count). The zero-order valence-electron chi connectivity index (χ0n) is 14.5. The number of hydrogen-bond acceptors (Lipinski definition) is 6. The molecule has 0 aliphatic carbocycles. The van der Waals surface area contributed by atoms with Gasteiger partial charge in [-0.3, -0.25) is 0 Å². The summed E-state index contributed by atoms with van der Waals surface area (Å²) in [5.41, 5.74) is 4.07. The largest absolute Gasteiger partial charge is 0.462 e. The third kappa shape index (κ3) is 4.17. The van der Waals surface area contributed by atoms with Crippen LogP contribution in [0.15, 0.2) is 35.9 Å². The minimum absolute atomic E-state index is 0.0947. The predicted octanol–water partition coefficient (Wildman–Crippen LogP) is 3.80. The number of anilines is 1. The summed E-state index contributed by atoms with van der Waals surface area (Å²) >= 11 is 1.40. The van der Waals surface area contributed by atoms with Crippen molar-refractivity contribution in [1.82, 2.24) is 9.55 Å². The van der Waals surface area contributed by atoms with Gasteiger partial charge in [0.2, 0.25) is 0 Å². The maximum atomic E-state index is 11.6. The second-order valence-electron chi connectivity index (χ2n) is 5.26. The summed E-state index contributed by atoms with van der Waals surface area (Å²) in [5, 5.41) is 14.4. The van der Waals surface area contributed by atoms with Crippen molar-refractivity contribution in [2.45, 2.75) is 27.3 Å². The molecule has 6 nitrogen and oxygen atoms in total. The highest BCUT2D eigenvalue weighted by Crippen LogP contribution is 2.30. The lowest BCUT2D eigenvalue weighted by Gasteiger charge is -2.05. The van der Waals surface area contributed by atoms with E-state index in [-0.39, 0.29) is 12.2 Å². The summed E-state index contributed by atoms with van der Waals surface area (Å²) in [4.78, 5) is 16.1. The fraction of sp³-hybridized carbons (Fsp3) is 0.278. The van der Waals surface area contributed by atoms with Gasteiger partial charge in [0, 0.05) is 35.1 Å². The molecule has 0 spiro atoms. The Hall–Kier alpha value is -2.85. The van der Waals surface area contributed by atoms with Gasteiger partial charge in [0.25, 0.3) is 0 Å². The number of hydrogen-bond donors (Lipinski definition) is 1. The quantitative estimate of drug-likeness (QED) is 0.353. The molecule has 1 N–H and O–H groups in total. The van der Waals surface area contributed by atoms with Gasteiger partial charge in [-0.15, -0.1) is 17.9 Å². The number of thiazole rings is 1. The van der Waals surface area contributed by atoms with Crippen LogP contribution >= 0.6 is 11.3 Å². The lowest BCUT2D eigenvalue weighted by Crippen LogP contribution is -2.07. The summed E-state index contributed by atoms with van der Waals surface area (Å²) in [7, 11) is 0. The van der Waals surface area contributed by atoms with Crippen LogP contribution < -0.4 is 5.32 Å². The van der Waals surface area contributed by atoms with E-state index in [0.717, 1.165) is 29.2 Å². The van der Waals surface area contributed by atoms with Crippen LogP contribution in [-0.4, -0.2) is 22.1 Å². The van der Waals surface area contributed by atoms with E-state index in [1.54, 1.807) is 6.92 Å². The highest BCUT2D eigenvalue weighted by Gasteiger charge is 2.14. The molecular formula is C18H20N4O2S. The number of allylic oxidation sites excluding steroid dienone is 1. The smallest absolute Gasteiger partial charge is 0.350 e. The second kappa shape index (κ2) is 8.31. The molecule has 0 unspecified atom stereocenters. The molecule has 2 heterocycles. The predicted molar refractivity (Wildman–Crippen MR) is 99.2 cm³/mol. The van der Waals surface area contributed by atoms with Crippen LogP contribution in [-0.2, 0) is 16.1 Å². The molecule has 0 bridgehead atoms. The van der Waals surface area contributed by atoms with Crippen molar-refractivity contribution in [3.05, 3.63) is 47.3 Å². The molecule has 130 valence electrons. The summed E-state index contributed by atoms with van der Waals surface area (Å²) in [6.07, 6.45) is 3.18. The molecule has 2 aromatic heterocycles. The van der Waals surface area contributed by atoms with E-state index >= 15 is 0 Å². The SMILES string of the molecule is C=CCn1c(C)cc(-c2csc(N/C=C(\C#N)C(=O)OCC)n2)c1C. The Morgan fingerprint density at radius 3 is 2.96 bits per heavy atom. The molecule has 25 heavy (non-hydrogen) atoms. The molecule has 0 radical (unpaired) electrons. The number of esters is 1. The average molecular weight is 356 g/mol. The molecule has 0 fully saturated rings. The number of ether oxygens (including phenoxy) is 1. The molecular weight excluding hydrogens is 336 g/mol. The highest BCUT2D eigenvalue weighted by molar-refractivity contribution is 7.14. The molecule has 0 aliphatic heterocycles. The molecule has 0 amide bonds. The Balaban J connectivity index is 2.21. The fourth-order valence-electron chi connectivity index (χ4n) is 2.41. The van der Waals surface area contributed by atoms with Gasteiger partial charge in [-0.05, 0) is 26.8 Å². The van der Waals surface area contributed by atoms with E-state index in [4.69, 9.17) is 10.00 Å². The van der Waals surface area contributed by atoms with E-state index in [1.165, 1.54) is 17.5 Å². The molecule has 2 aromatic rings. The Kier molecular flexibility index (Phi) is 6.14. The van der Waals surface area contributed by atoms with E-state index in [9.17, 15) is 4.79 Å². The monoisotopic (exact) mass is 356 g/mol. The van der Waals surface area contributed by atoms with Gasteiger partial charge in [0.1, 0.15) is 6.07 Å². The summed E-state index contributed by atoms with van der Waals surface area (Å²) < 4.78 is 6.98. The van der Waals surface area contributed by atoms with Crippen molar-refractivity contribution in [2.75, 3.05) is 11.9 Å². The van der Waals surface area contributed by atoms with Crippen LogP contribution in [0.1, 0.15) is 18.3 Å². The van der Waals surface area contributed by atoms with Crippen LogP contribution in [0.4, 0.5) is 5.13 Å². The van der Waals surface area contributed by atoms with Gasteiger partial charge in [-0.1, -0.05) is 6.08 Å². The molecule has 0 aromatic carbocycles. The van der Waals surface area contributed by atoms with E-state index in [2.05, 4.69) is 27.5 Å². The number of carbonyl (C=O) groups is 1. The van der Waals surface area contributed by atoms with Gasteiger partial charge in [-0.2, -0.15) is 5.26 Å². The zero-order chi connectivity index (χ0) is 18.4. The molecule has 0 saturated carbocycles. The highest BCUT2D eigenvalue weighted by atomic mass is 32.1. The van der Waals surface area contributed by atoms with Crippen LogP contribution in [0.2, 0.25) is 0 Å². The van der Waals surface area contributed by atoms with Crippen molar-refractivity contribution in [1.29, 1.82) is 5.26 Å². The summed E-state index contributed by atoms with van der Waals surface area (Å²) in [5.74, 6) is -0.651. The first kappa shape index (κ1) is 18.5. The first-order valence-electron chi connectivity index (χ1n) is 7.79. The van der Waals surface area contributed by atoms with Crippen molar-refractivity contribution in [3.8, 4) is 17.3 Å². The lowest BCUT2D eigenvalue weighted by molar-refractivity contribution is -0.138. The zero-order valence-corrected chi connectivity index (χ0v) is 15.3. The molecule has 7 heteroatoms. The molecule has 0 aliphatic rings. The van der Waals surface area contributed by atoms with Crippen LogP contribution in [0.25, 0.3) is 11.3 Å². The standard InChI is InChI=1S/C18H20N4O2S/c1-5-7-22-12(3)8-15(13(22)4)16-11-25-18(21-16)20-10-14(9-19)17(23)24-6-2/h5,8,10-11H,1,6-7H2,2-4H3,(H,20,21)/b14-10+. The maximum absolute atomic E-state index is 11.6. The van der Waals surface area contributed by atoms with Crippen LogP contribution in [0.5, 0.6) is 0 Å². The van der Waals surface area contributed by atoms with Gasteiger partial charge in [0.05, 0.1) is 12.3 Å². The van der Waals surface area contributed by atoms with Gasteiger partial charge in [-0.25, -0.2) is 9.78 Å². The Morgan fingerprint density at radius 2 is 2.32 bits per heavy atom. The fourth-order valence-corrected chi connectivity index (χ4v) is 3.09. The number of nitriles is 1. The average Bonchev–Trinajstić information content (AvgIpc) is 3.16. The van der Waals surface area contributed by atoms with Crippen molar-refractivity contribution in [2.24, 2.45) is 0 Å². The number of aryl methyl sites for hydroxylation is 1. The minimum atomic E-state index is -0.651. The Morgan fingerprint density at radius 1 is 1.56 bits per heavy atom. The van der Waals surface area contributed by atoms with Gasteiger partial charge in [0.15, 0.2) is 10.7 Å². The Labute approximate surface area is 151 Å². The van der Waals surface area contributed by atoms with Crippen LogP contribution in [0.3, 0.4) is 0 Å². The third-order valence-electron chi connectivity index (χ3n) is 3.62. The second-order valence-corrected chi connectivity index (χ2v) is 6.11. The molecule has 0 saturated heterocycles. The van der Waals surface area contributed by atoms with Crippen molar-refractivity contribution < 1.29 is 9.53 Å². The lowest BCUT2D eigenvalue weighted by atomic mass is 10.2. The Bertz CT molecular complexity index is 855. The number of nitrogens with zero attached hydrogens (tertiary/aromatic N) is 3. The number of aromatic nitrogens is 2.